The molecule has 1 saturated carbocycles. The van der Waals surface area contributed by atoms with Gasteiger partial charge >= 0.3 is 6.18 Å². The highest BCUT2D eigenvalue weighted by Gasteiger charge is 2.60. The van der Waals surface area contributed by atoms with Gasteiger partial charge in [0.2, 0.25) is 5.24 Å². The molecule has 0 aromatic carbocycles. The monoisotopic (exact) mass is 238 g/mol. The van der Waals surface area contributed by atoms with E-state index in [9.17, 15) is 18.0 Å². The Balaban J connectivity index is 2.35. The third kappa shape index (κ3) is 1.41. The minimum atomic E-state index is -4.22. The number of alkyl halides is 3. The summed E-state index contributed by atoms with van der Waals surface area (Å²) in [4.78, 5) is 11.2. The molecule has 0 spiro atoms. The summed E-state index contributed by atoms with van der Waals surface area (Å²) in [6.07, 6.45) is -1.33. The van der Waals surface area contributed by atoms with Gasteiger partial charge in [0.25, 0.3) is 0 Å². The van der Waals surface area contributed by atoms with Gasteiger partial charge in [-0.1, -0.05) is 12.2 Å². The fourth-order valence-electron chi connectivity index (χ4n) is 2.43. The van der Waals surface area contributed by atoms with Crippen LogP contribution >= 0.6 is 11.6 Å². The van der Waals surface area contributed by atoms with Gasteiger partial charge in [0.05, 0.1) is 10.8 Å². The second kappa shape index (κ2) is 3.00. The van der Waals surface area contributed by atoms with Crippen molar-refractivity contribution >= 4 is 16.8 Å². The van der Waals surface area contributed by atoms with Crippen molar-refractivity contribution in [2.75, 3.05) is 0 Å². The van der Waals surface area contributed by atoms with Crippen molar-refractivity contribution in [1.29, 1.82) is 0 Å². The van der Waals surface area contributed by atoms with Crippen molar-refractivity contribution < 1.29 is 18.0 Å². The standard InChI is InChI=1S/C10H10ClF3O/c11-7(15)8-1-4-9(5-2-8,6-3-8)10(12,13)14/h1,4H,2-3,5-6H2. The molecule has 0 amide bonds. The lowest BCUT2D eigenvalue weighted by Crippen LogP contribution is -2.47. The molecule has 15 heavy (non-hydrogen) atoms. The van der Waals surface area contributed by atoms with Crippen LogP contribution in [0.1, 0.15) is 25.7 Å². The molecule has 1 fully saturated rings. The number of hydrogen-bond acceptors (Lipinski definition) is 1. The van der Waals surface area contributed by atoms with Crippen LogP contribution in [-0.2, 0) is 4.79 Å². The number of carbonyl (C=O) groups excluding carboxylic acids is 1. The lowest BCUT2D eigenvalue weighted by molar-refractivity contribution is -0.223. The van der Waals surface area contributed by atoms with Gasteiger partial charge in [-0.3, -0.25) is 4.79 Å². The summed E-state index contributed by atoms with van der Waals surface area (Å²) in [5.41, 5.74) is -2.53. The van der Waals surface area contributed by atoms with Crippen LogP contribution in [0.15, 0.2) is 12.2 Å². The molecule has 0 unspecified atom stereocenters. The smallest absolute Gasteiger partial charge is 0.280 e. The predicted octanol–water partition coefficient (Wildman–Crippen LogP) is 3.43. The van der Waals surface area contributed by atoms with Gasteiger partial charge in [-0.15, -0.1) is 0 Å². The van der Waals surface area contributed by atoms with Crippen molar-refractivity contribution in [3.63, 3.8) is 0 Å². The summed E-state index contributed by atoms with van der Waals surface area (Å²) in [6, 6.07) is 0. The lowest BCUT2D eigenvalue weighted by atomic mass is 9.58. The first-order valence-corrected chi connectivity index (χ1v) is 5.16. The summed E-state index contributed by atoms with van der Waals surface area (Å²) in [6.45, 7) is 0. The van der Waals surface area contributed by atoms with Gasteiger partial charge in [-0.05, 0) is 37.3 Å². The predicted molar refractivity (Wildman–Crippen MR) is 49.4 cm³/mol. The average Bonchev–Trinajstić information content (AvgIpc) is 2.19. The summed E-state index contributed by atoms with van der Waals surface area (Å²) in [5, 5.41) is -0.533. The van der Waals surface area contributed by atoms with E-state index in [-0.39, 0.29) is 25.7 Å². The molecule has 3 rings (SSSR count). The van der Waals surface area contributed by atoms with Gasteiger partial charge < -0.3 is 0 Å². The summed E-state index contributed by atoms with van der Waals surface area (Å²) >= 11 is 5.43. The quantitative estimate of drug-likeness (QED) is 0.505. The van der Waals surface area contributed by atoms with Crippen molar-refractivity contribution in [2.45, 2.75) is 31.9 Å². The normalized spacial score (nSPS) is 39.5. The minimum Gasteiger partial charge on any atom is -0.280 e. The third-order valence-corrected chi connectivity index (χ3v) is 4.09. The average molecular weight is 239 g/mol. The third-order valence-electron chi connectivity index (χ3n) is 3.71. The van der Waals surface area contributed by atoms with E-state index < -0.39 is 22.2 Å². The highest BCUT2D eigenvalue weighted by molar-refractivity contribution is 6.65. The largest absolute Gasteiger partial charge is 0.397 e. The molecular formula is C10H10ClF3O. The molecule has 3 aliphatic carbocycles. The molecule has 0 saturated heterocycles. The summed E-state index contributed by atoms with van der Waals surface area (Å²) in [5.74, 6) is 0. The van der Waals surface area contributed by atoms with Gasteiger partial charge in [0.15, 0.2) is 0 Å². The van der Waals surface area contributed by atoms with E-state index in [4.69, 9.17) is 11.6 Å². The number of fused-ring (bicyclic) bond motifs is 2. The first kappa shape index (κ1) is 11.0. The Morgan fingerprint density at radius 1 is 1.13 bits per heavy atom. The molecule has 0 aromatic rings. The van der Waals surface area contributed by atoms with E-state index in [1.165, 1.54) is 6.08 Å². The zero-order chi connectivity index (χ0) is 11.3. The van der Waals surface area contributed by atoms with E-state index in [2.05, 4.69) is 0 Å². The molecule has 0 aromatic heterocycles. The van der Waals surface area contributed by atoms with Gasteiger partial charge in [-0.25, -0.2) is 0 Å². The van der Waals surface area contributed by atoms with E-state index >= 15 is 0 Å². The Hall–Kier alpha value is -0.510. The zero-order valence-corrected chi connectivity index (χ0v) is 8.66. The molecule has 84 valence electrons. The van der Waals surface area contributed by atoms with Crippen LogP contribution < -0.4 is 0 Å². The van der Waals surface area contributed by atoms with Crippen LogP contribution in [0.4, 0.5) is 13.2 Å². The summed E-state index contributed by atoms with van der Waals surface area (Å²) < 4.78 is 38.3. The van der Waals surface area contributed by atoms with E-state index in [0.29, 0.717) is 0 Å². The van der Waals surface area contributed by atoms with E-state index in [0.717, 1.165) is 6.08 Å². The highest BCUT2D eigenvalue weighted by Crippen LogP contribution is 2.59. The molecule has 2 bridgehead atoms. The molecule has 1 nitrogen and oxygen atoms in total. The number of carbonyl (C=O) groups is 1. The molecule has 0 atom stereocenters. The topological polar surface area (TPSA) is 17.1 Å². The maximum atomic E-state index is 12.8. The highest BCUT2D eigenvalue weighted by atomic mass is 35.5. The van der Waals surface area contributed by atoms with Crippen LogP contribution in [0, 0.1) is 10.8 Å². The Kier molecular flexibility index (Phi) is 2.20. The van der Waals surface area contributed by atoms with Crippen LogP contribution in [0.2, 0.25) is 0 Å². The molecule has 3 aliphatic rings. The molecule has 0 N–H and O–H groups in total. The molecule has 0 radical (unpaired) electrons. The minimum absolute atomic E-state index is 0.0224. The van der Waals surface area contributed by atoms with Gasteiger partial charge in [0.1, 0.15) is 0 Å². The van der Waals surface area contributed by atoms with Gasteiger partial charge in [0, 0.05) is 0 Å². The van der Waals surface area contributed by atoms with Crippen molar-refractivity contribution in [3.8, 4) is 0 Å². The molecule has 0 heterocycles. The van der Waals surface area contributed by atoms with Gasteiger partial charge in [-0.2, -0.15) is 13.2 Å². The van der Waals surface area contributed by atoms with Crippen molar-refractivity contribution in [1.82, 2.24) is 0 Å². The molecule has 5 heteroatoms. The van der Waals surface area contributed by atoms with Crippen LogP contribution in [-0.4, -0.2) is 11.4 Å². The summed E-state index contributed by atoms with van der Waals surface area (Å²) in [7, 11) is 0. The second-order valence-electron chi connectivity index (χ2n) is 4.42. The number of halogens is 4. The SMILES string of the molecule is O=C(Cl)C12C=CC(C(F)(F)F)(CC1)CC2. The molecule has 0 aliphatic heterocycles. The first-order chi connectivity index (χ1) is 6.81. The fraction of sp³-hybridized carbons (Fsp3) is 0.700. The maximum absolute atomic E-state index is 12.8. The van der Waals surface area contributed by atoms with E-state index in [1.54, 1.807) is 0 Å². The van der Waals surface area contributed by atoms with Crippen molar-refractivity contribution in [2.24, 2.45) is 10.8 Å². The van der Waals surface area contributed by atoms with Crippen LogP contribution in [0.5, 0.6) is 0 Å². The maximum Gasteiger partial charge on any atom is 0.397 e. The fourth-order valence-corrected chi connectivity index (χ4v) is 2.69. The molecular weight excluding hydrogens is 229 g/mol. The number of allylic oxidation sites excluding steroid dienone is 2. The second-order valence-corrected chi connectivity index (χ2v) is 4.76. The van der Waals surface area contributed by atoms with Crippen molar-refractivity contribution in [3.05, 3.63) is 12.2 Å². The van der Waals surface area contributed by atoms with Crippen LogP contribution in [0.3, 0.4) is 0 Å². The van der Waals surface area contributed by atoms with E-state index in [1.807, 2.05) is 0 Å². The first-order valence-electron chi connectivity index (χ1n) is 4.78. The Bertz CT molecular complexity index is 324. The number of rotatable bonds is 1. The lowest BCUT2D eigenvalue weighted by Gasteiger charge is -2.47. The van der Waals surface area contributed by atoms with Crippen LogP contribution in [0.25, 0.3) is 0 Å². The Labute approximate surface area is 90.3 Å². The number of hydrogen-bond donors (Lipinski definition) is 0. The zero-order valence-electron chi connectivity index (χ0n) is 7.90. The Morgan fingerprint density at radius 2 is 1.67 bits per heavy atom. The Morgan fingerprint density at radius 3 is 1.93 bits per heavy atom.